The van der Waals surface area contributed by atoms with Crippen LogP contribution in [0, 0.1) is 17.2 Å². The minimum Gasteiger partial charge on any atom is -0.317 e. The second kappa shape index (κ2) is 5.94. The Morgan fingerprint density at radius 1 is 1.16 bits per heavy atom. The SMILES string of the molecule is CC(C)(C)[C@@H]1CCc2c(sc3c2[C@H](c2ccc(F)cc2)CC(=O)N3)C1. The first-order chi connectivity index (χ1) is 11.8. The normalized spacial score (nSPS) is 23.0. The number of halogens is 1. The van der Waals surface area contributed by atoms with Gasteiger partial charge in [-0.15, -0.1) is 11.3 Å². The lowest BCUT2D eigenvalue weighted by atomic mass is 9.71. The van der Waals surface area contributed by atoms with Crippen LogP contribution in [0.5, 0.6) is 0 Å². The Kier molecular flexibility index (Phi) is 3.99. The molecule has 1 aromatic heterocycles. The van der Waals surface area contributed by atoms with Gasteiger partial charge in [-0.1, -0.05) is 32.9 Å². The maximum atomic E-state index is 13.3. The summed E-state index contributed by atoms with van der Waals surface area (Å²) in [4.78, 5) is 13.7. The number of hydrogen-bond acceptors (Lipinski definition) is 2. The van der Waals surface area contributed by atoms with E-state index < -0.39 is 0 Å². The van der Waals surface area contributed by atoms with Crippen LogP contribution in [0.2, 0.25) is 0 Å². The Hall–Kier alpha value is -1.68. The Bertz CT molecular complexity index is 816. The molecule has 0 fully saturated rings. The van der Waals surface area contributed by atoms with Crippen LogP contribution in [0.4, 0.5) is 9.39 Å². The summed E-state index contributed by atoms with van der Waals surface area (Å²) >= 11 is 1.76. The van der Waals surface area contributed by atoms with Crippen LogP contribution in [0.15, 0.2) is 24.3 Å². The molecule has 1 aliphatic heterocycles. The van der Waals surface area contributed by atoms with E-state index in [4.69, 9.17) is 0 Å². The van der Waals surface area contributed by atoms with Gasteiger partial charge in [0.15, 0.2) is 0 Å². The highest BCUT2D eigenvalue weighted by Gasteiger charge is 2.37. The monoisotopic (exact) mass is 357 g/mol. The summed E-state index contributed by atoms with van der Waals surface area (Å²) in [5.74, 6) is 0.563. The topological polar surface area (TPSA) is 29.1 Å². The number of benzene rings is 1. The van der Waals surface area contributed by atoms with Crippen molar-refractivity contribution < 1.29 is 9.18 Å². The molecule has 0 unspecified atom stereocenters. The van der Waals surface area contributed by atoms with Gasteiger partial charge in [0.05, 0.1) is 5.00 Å². The van der Waals surface area contributed by atoms with Crippen molar-refractivity contribution in [3.05, 3.63) is 51.7 Å². The van der Waals surface area contributed by atoms with E-state index in [-0.39, 0.29) is 17.6 Å². The van der Waals surface area contributed by atoms with E-state index in [2.05, 4.69) is 26.1 Å². The molecule has 4 heteroatoms. The van der Waals surface area contributed by atoms with Gasteiger partial charge in [0.25, 0.3) is 0 Å². The molecule has 25 heavy (non-hydrogen) atoms. The highest BCUT2D eigenvalue weighted by molar-refractivity contribution is 7.16. The van der Waals surface area contributed by atoms with Crippen LogP contribution >= 0.6 is 11.3 Å². The van der Waals surface area contributed by atoms with Crippen molar-refractivity contribution in [1.82, 2.24) is 0 Å². The second-order valence-corrected chi connectivity index (χ2v) is 9.51. The molecule has 2 aliphatic rings. The number of amides is 1. The third-order valence-electron chi connectivity index (χ3n) is 5.79. The number of carbonyl (C=O) groups excluding carboxylic acids is 1. The molecule has 0 radical (unpaired) electrons. The Morgan fingerprint density at radius 2 is 1.88 bits per heavy atom. The highest BCUT2D eigenvalue weighted by Crippen LogP contribution is 2.50. The minimum absolute atomic E-state index is 0.0514. The maximum absolute atomic E-state index is 13.3. The first kappa shape index (κ1) is 16.8. The number of nitrogens with one attached hydrogen (secondary N) is 1. The molecule has 2 aromatic rings. The summed E-state index contributed by atoms with van der Waals surface area (Å²) in [6, 6.07) is 6.65. The zero-order valence-corrected chi connectivity index (χ0v) is 15.8. The van der Waals surface area contributed by atoms with Gasteiger partial charge in [-0.3, -0.25) is 4.79 Å². The van der Waals surface area contributed by atoms with E-state index >= 15 is 0 Å². The Labute approximate surface area is 152 Å². The number of anilines is 1. The van der Waals surface area contributed by atoms with Crippen LogP contribution in [-0.2, 0) is 17.6 Å². The number of hydrogen-bond donors (Lipinski definition) is 1. The molecule has 1 aliphatic carbocycles. The number of carbonyl (C=O) groups is 1. The second-order valence-electron chi connectivity index (χ2n) is 8.41. The molecular weight excluding hydrogens is 333 g/mol. The van der Waals surface area contributed by atoms with Crippen LogP contribution in [0.1, 0.15) is 61.1 Å². The lowest BCUT2D eigenvalue weighted by Crippen LogP contribution is -2.27. The van der Waals surface area contributed by atoms with E-state index in [1.807, 2.05) is 12.1 Å². The number of rotatable bonds is 1. The van der Waals surface area contributed by atoms with Gasteiger partial charge in [-0.25, -0.2) is 4.39 Å². The average molecular weight is 357 g/mol. The van der Waals surface area contributed by atoms with E-state index in [9.17, 15) is 9.18 Å². The molecule has 1 aromatic carbocycles. The molecule has 4 rings (SSSR count). The molecule has 0 saturated heterocycles. The lowest BCUT2D eigenvalue weighted by Gasteiger charge is -2.34. The van der Waals surface area contributed by atoms with E-state index in [1.54, 1.807) is 11.3 Å². The predicted octanol–water partition coefficient (Wildman–Crippen LogP) is 5.51. The van der Waals surface area contributed by atoms with Crippen molar-refractivity contribution >= 4 is 22.2 Å². The molecule has 2 atom stereocenters. The zero-order chi connectivity index (χ0) is 17.8. The summed E-state index contributed by atoms with van der Waals surface area (Å²) in [7, 11) is 0. The fraction of sp³-hybridized carbons (Fsp3) is 0.476. The molecule has 0 saturated carbocycles. The molecule has 0 spiro atoms. The number of thiophene rings is 1. The molecule has 2 heterocycles. The van der Waals surface area contributed by atoms with Gasteiger partial charge in [0.2, 0.25) is 5.91 Å². The summed E-state index contributed by atoms with van der Waals surface area (Å²) < 4.78 is 13.3. The summed E-state index contributed by atoms with van der Waals surface area (Å²) in [5, 5.41) is 4.11. The molecule has 132 valence electrons. The van der Waals surface area contributed by atoms with Gasteiger partial charge in [0.1, 0.15) is 5.82 Å². The fourth-order valence-electron chi connectivity index (χ4n) is 4.26. The van der Waals surface area contributed by atoms with Crippen molar-refractivity contribution in [1.29, 1.82) is 0 Å². The van der Waals surface area contributed by atoms with Crippen molar-refractivity contribution in [2.75, 3.05) is 5.32 Å². The van der Waals surface area contributed by atoms with Crippen LogP contribution in [0.25, 0.3) is 0 Å². The molecular formula is C21H24FNOS. The molecule has 1 amide bonds. The lowest BCUT2D eigenvalue weighted by molar-refractivity contribution is -0.116. The van der Waals surface area contributed by atoms with Gasteiger partial charge >= 0.3 is 0 Å². The fourth-order valence-corrected chi connectivity index (χ4v) is 5.66. The first-order valence-electron chi connectivity index (χ1n) is 9.02. The van der Waals surface area contributed by atoms with E-state index in [0.29, 0.717) is 17.8 Å². The zero-order valence-electron chi connectivity index (χ0n) is 15.0. The van der Waals surface area contributed by atoms with Crippen molar-refractivity contribution in [2.24, 2.45) is 11.3 Å². The molecule has 2 nitrogen and oxygen atoms in total. The maximum Gasteiger partial charge on any atom is 0.225 e. The van der Waals surface area contributed by atoms with E-state index in [0.717, 1.165) is 23.4 Å². The van der Waals surface area contributed by atoms with Crippen molar-refractivity contribution in [3.8, 4) is 0 Å². The first-order valence-corrected chi connectivity index (χ1v) is 9.84. The van der Waals surface area contributed by atoms with Gasteiger partial charge in [0, 0.05) is 17.2 Å². The predicted molar refractivity (Wildman–Crippen MR) is 101 cm³/mol. The third-order valence-corrected chi connectivity index (χ3v) is 6.98. The Balaban J connectivity index is 1.76. The Morgan fingerprint density at radius 3 is 2.56 bits per heavy atom. The average Bonchev–Trinajstić information content (AvgIpc) is 2.91. The van der Waals surface area contributed by atoms with Gasteiger partial charge in [-0.05, 0) is 59.4 Å². The molecule has 0 bridgehead atoms. The summed E-state index contributed by atoms with van der Waals surface area (Å²) in [6.07, 6.45) is 3.83. The standard InChI is InChI=1S/C21H24FNOS/c1-21(2,3)13-6-9-15-17(10-13)25-20-19(15)16(11-18(24)23-20)12-4-7-14(22)8-5-12/h4-5,7-8,13,16H,6,9-11H2,1-3H3,(H,23,24)/t13-,16+/m1/s1. The largest absolute Gasteiger partial charge is 0.317 e. The highest BCUT2D eigenvalue weighted by atomic mass is 32.1. The summed E-state index contributed by atoms with van der Waals surface area (Å²) in [5.41, 5.74) is 4.08. The van der Waals surface area contributed by atoms with Crippen LogP contribution in [0.3, 0.4) is 0 Å². The molecule has 1 N–H and O–H groups in total. The quantitative estimate of drug-likeness (QED) is 0.716. The van der Waals surface area contributed by atoms with Crippen molar-refractivity contribution in [3.63, 3.8) is 0 Å². The van der Waals surface area contributed by atoms with Gasteiger partial charge in [-0.2, -0.15) is 0 Å². The minimum atomic E-state index is -0.232. The van der Waals surface area contributed by atoms with Crippen LogP contribution < -0.4 is 5.32 Å². The smallest absolute Gasteiger partial charge is 0.225 e. The van der Waals surface area contributed by atoms with Crippen LogP contribution in [-0.4, -0.2) is 5.91 Å². The van der Waals surface area contributed by atoms with Crippen molar-refractivity contribution in [2.45, 2.75) is 52.4 Å². The van der Waals surface area contributed by atoms with E-state index in [1.165, 1.54) is 34.6 Å². The third kappa shape index (κ3) is 3.01. The summed E-state index contributed by atoms with van der Waals surface area (Å²) in [6.45, 7) is 6.96. The number of fused-ring (bicyclic) bond motifs is 3. The van der Waals surface area contributed by atoms with Gasteiger partial charge < -0.3 is 5.32 Å².